The SMILES string of the molecule is CC1(C)C(=O)NC(=O)CN1c1n[nH]c(N)n1. The molecule has 2 rings (SSSR count). The van der Waals surface area contributed by atoms with Gasteiger partial charge in [-0.25, -0.2) is 5.10 Å². The van der Waals surface area contributed by atoms with Crippen LogP contribution in [0.1, 0.15) is 13.8 Å². The number of amides is 2. The van der Waals surface area contributed by atoms with Gasteiger partial charge >= 0.3 is 0 Å². The fourth-order valence-electron chi connectivity index (χ4n) is 1.49. The summed E-state index contributed by atoms with van der Waals surface area (Å²) in [5.74, 6) is -0.380. The molecule has 0 aromatic carbocycles. The van der Waals surface area contributed by atoms with E-state index in [4.69, 9.17) is 5.73 Å². The smallest absolute Gasteiger partial charge is 0.252 e. The monoisotopic (exact) mass is 224 g/mol. The van der Waals surface area contributed by atoms with Crippen LogP contribution in [-0.4, -0.2) is 39.1 Å². The molecule has 2 heterocycles. The zero-order valence-electron chi connectivity index (χ0n) is 8.94. The van der Waals surface area contributed by atoms with Crippen molar-refractivity contribution in [2.45, 2.75) is 19.4 Å². The lowest BCUT2D eigenvalue weighted by Gasteiger charge is -2.39. The van der Waals surface area contributed by atoms with E-state index >= 15 is 0 Å². The van der Waals surface area contributed by atoms with Gasteiger partial charge in [0.25, 0.3) is 5.91 Å². The van der Waals surface area contributed by atoms with Gasteiger partial charge in [-0.3, -0.25) is 14.9 Å². The molecule has 8 nitrogen and oxygen atoms in total. The number of aromatic amines is 1. The van der Waals surface area contributed by atoms with Crippen molar-refractivity contribution in [2.75, 3.05) is 17.2 Å². The minimum Gasteiger partial charge on any atom is -0.368 e. The molecule has 8 heteroatoms. The van der Waals surface area contributed by atoms with Gasteiger partial charge in [0.15, 0.2) is 0 Å². The normalized spacial score (nSPS) is 19.8. The molecular formula is C8H12N6O2. The van der Waals surface area contributed by atoms with Crippen LogP contribution in [0.2, 0.25) is 0 Å². The lowest BCUT2D eigenvalue weighted by Crippen LogP contribution is -2.64. The Labute approximate surface area is 91.2 Å². The summed E-state index contributed by atoms with van der Waals surface area (Å²) in [5.41, 5.74) is 4.52. The van der Waals surface area contributed by atoms with Crippen molar-refractivity contribution in [1.29, 1.82) is 0 Å². The minimum absolute atomic E-state index is 0.0238. The summed E-state index contributed by atoms with van der Waals surface area (Å²) < 4.78 is 0. The Balaban J connectivity index is 2.38. The molecule has 0 spiro atoms. The topological polar surface area (TPSA) is 117 Å². The number of nitrogens with two attached hydrogens (primary N) is 1. The van der Waals surface area contributed by atoms with Gasteiger partial charge in [-0.1, -0.05) is 0 Å². The average Bonchev–Trinajstić information content (AvgIpc) is 2.58. The molecule has 1 aliphatic heterocycles. The average molecular weight is 224 g/mol. The molecule has 1 aromatic heterocycles. The van der Waals surface area contributed by atoms with E-state index in [1.807, 2.05) is 0 Å². The molecule has 4 N–H and O–H groups in total. The van der Waals surface area contributed by atoms with Crippen LogP contribution >= 0.6 is 0 Å². The van der Waals surface area contributed by atoms with Crippen molar-refractivity contribution in [3.63, 3.8) is 0 Å². The number of hydrogen-bond acceptors (Lipinski definition) is 6. The second kappa shape index (κ2) is 3.19. The highest BCUT2D eigenvalue weighted by Gasteiger charge is 2.42. The van der Waals surface area contributed by atoms with E-state index in [1.54, 1.807) is 13.8 Å². The van der Waals surface area contributed by atoms with E-state index in [9.17, 15) is 9.59 Å². The highest BCUT2D eigenvalue weighted by atomic mass is 16.2. The number of hydrogen-bond donors (Lipinski definition) is 3. The summed E-state index contributed by atoms with van der Waals surface area (Å²) in [5, 5.41) is 8.56. The highest BCUT2D eigenvalue weighted by Crippen LogP contribution is 2.23. The van der Waals surface area contributed by atoms with Crippen LogP contribution in [-0.2, 0) is 9.59 Å². The molecule has 0 radical (unpaired) electrons. The van der Waals surface area contributed by atoms with Gasteiger partial charge in [0, 0.05) is 0 Å². The first-order valence-corrected chi connectivity index (χ1v) is 4.71. The van der Waals surface area contributed by atoms with E-state index in [-0.39, 0.29) is 30.3 Å². The van der Waals surface area contributed by atoms with Crippen LogP contribution < -0.4 is 16.0 Å². The first-order chi connectivity index (χ1) is 7.41. The molecule has 1 aromatic rings. The number of anilines is 2. The molecule has 2 amide bonds. The summed E-state index contributed by atoms with van der Waals surface area (Å²) in [6, 6.07) is 0. The summed E-state index contributed by atoms with van der Waals surface area (Å²) in [6.45, 7) is 3.39. The van der Waals surface area contributed by atoms with Crippen LogP contribution in [0.25, 0.3) is 0 Å². The predicted molar refractivity (Wildman–Crippen MR) is 55.4 cm³/mol. The molecule has 1 aliphatic rings. The first-order valence-electron chi connectivity index (χ1n) is 4.71. The van der Waals surface area contributed by atoms with Gasteiger partial charge in [-0.15, -0.1) is 5.10 Å². The van der Waals surface area contributed by atoms with Crippen molar-refractivity contribution in [3.8, 4) is 0 Å². The number of imide groups is 1. The summed E-state index contributed by atoms with van der Waals surface area (Å²) in [6.07, 6.45) is 0. The van der Waals surface area contributed by atoms with Gasteiger partial charge in [0.05, 0.1) is 0 Å². The number of nitrogen functional groups attached to an aromatic ring is 1. The molecule has 0 bridgehead atoms. The van der Waals surface area contributed by atoms with Crippen LogP contribution in [0.3, 0.4) is 0 Å². The van der Waals surface area contributed by atoms with E-state index in [0.29, 0.717) is 0 Å². The maximum absolute atomic E-state index is 11.6. The maximum Gasteiger partial charge on any atom is 0.252 e. The van der Waals surface area contributed by atoms with Crippen LogP contribution in [0.5, 0.6) is 0 Å². The number of H-pyrrole nitrogens is 1. The Hall–Kier alpha value is -2.12. The molecular weight excluding hydrogens is 212 g/mol. The van der Waals surface area contributed by atoms with E-state index in [2.05, 4.69) is 20.5 Å². The van der Waals surface area contributed by atoms with Gasteiger partial charge in [0.1, 0.15) is 12.1 Å². The van der Waals surface area contributed by atoms with Crippen molar-refractivity contribution < 1.29 is 9.59 Å². The summed E-state index contributed by atoms with van der Waals surface area (Å²) in [7, 11) is 0. The fraction of sp³-hybridized carbons (Fsp3) is 0.500. The molecule has 0 unspecified atom stereocenters. The maximum atomic E-state index is 11.6. The number of nitrogens with one attached hydrogen (secondary N) is 2. The largest absolute Gasteiger partial charge is 0.368 e. The Morgan fingerprint density at radius 2 is 2.12 bits per heavy atom. The molecule has 16 heavy (non-hydrogen) atoms. The van der Waals surface area contributed by atoms with Crippen LogP contribution in [0.15, 0.2) is 0 Å². The van der Waals surface area contributed by atoms with Gasteiger partial charge in [-0.05, 0) is 13.8 Å². The number of piperazine rings is 1. The fourth-order valence-corrected chi connectivity index (χ4v) is 1.49. The summed E-state index contributed by atoms with van der Waals surface area (Å²) in [4.78, 5) is 28.3. The van der Waals surface area contributed by atoms with E-state index in [1.165, 1.54) is 4.90 Å². The van der Waals surface area contributed by atoms with Gasteiger partial charge in [-0.2, -0.15) is 4.98 Å². The summed E-state index contributed by atoms with van der Waals surface area (Å²) >= 11 is 0. The highest BCUT2D eigenvalue weighted by molar-refractivity contribution is 6.06. The zero-order valence-corrected chi connectivity index (χ0v) is 8.94. The quantitative estimate of drug-likeness (QED) is 0.506. The third kappa shape index (κ3) is 1.47. The minimum atomic E-state index is -0.886. The number of nitrogens with zero attached hydrogens (tertiary/aromatic N) is 3. The lowest BCUT2D eigenvalue weighted by atomic mass is 9.99. The van der Waals surface area contributed by atoms with Gasteiger partial charge < -0.3 is 10.6 Å². The van der Waals surface area contributed by atoms with Crippen molar-refractivity contribution in [3.05, 3.63) is 0 Å². The van der Waals surface area contributed by atoms with Gasteiger partial charge in [0.2, 0.25) is 17.8 Å². The molecule has 86 valence electrons. The third-order valence-corrected chi connectivity index (χ3v) is 2.52. The predicted octanol–water partition coefficient (Wildman–Crippen LogP) is -1.37. The van der Waals surface area contributed by atoms with Crippen molar-refractivity contribution >= 4 is 23.7 Å². The van der Waals surface area contributed by atoms with Crippen LogP contribution in [0, 0.1) is 0 Å². The second-order valence-corrected chi connectivity index (χ2v) is 4.04. The molecule has 0 aliphatic carbocycles. The Morgan fingerprint density at radius 3 is 2.69 bits per heavy atom. The first kappa shape index (κ1) is 10.4. The van der Waals surface area contributed by atoms with Crippen molar-refractivity contribution in [2.24, 2.45) is 0 Å². The number of rotatable bonds is 1. The molecule has 0 atom stereocenters. The second-order valence-electron chi connectivity index (χ2n) is 4.04. The lowest BCUT2D eigenvalue weighted by molar-refractivity contribution is -0.135. The Morgan fingerprint density at radius 1 is 1.44 bits per heavy atom. The Bertz CT molecular complexity index is 451. The molecule has 1 saturated heterocycles. The van der Waals surface area contributed by atoms with Crippen LogP contribution in [0.4, 0.5) is 11.9 Å². The number of carbonyl (C=O) groups is 2. The number of carbonyl (C=O) groups excluding carboxylic acids is 2. The zero-order chi connectivity index (χ0) is 11.9. The standard InChI is InChI=1S/C8H12N6O2/c1-8(2)5(16)10-4(15)3-14(8)7-11-6(9)12-13-7/h3H2,1-2H3,(H,10,15,16)(H3,9,11,12,13). The van der Waals surface area contributed by atoms with E-state index < -0.39 is 5.54 Å². The Kier molecular flexibility index (Phi) is 2.07. The van der Waals surface area contributed by atoms with E-state index in [0.717, 1.165) is 0 Å². The third-order valence-electron chi connectivity index (χ3n) is 2.52. The molecule has 1 fully saturated rings. The number of aromatic nitrogens is 3. The molecule has 0 saturated carbocycles. The van der Waals surface area contributed by atoms with Crippen molar-refractivity contribution in [1.82, 2.24) is 20.5 Å².